The fourth-order valence-electron chi connectivity index (χ4n) is 1.60. The maximum atomic E-state index is 13.1. The van der Waals surface area contributed by atoms with Gasteiger partial charge in [0.2, 0.25) is 0 Å². The van der Waals surface area contributed by atoms with Gasteiger partial charge in [0.25, 0.3) is 5.91 Å². The number of phenols is 1. The molecule has 3 nitrogen and oxygen atoms in total. The minimum Gasteiger partial charge on any atom is -0.508 e. The second kappa shape index (κ2) is 5.40. The summed E-state index contributed by atoms with van der Waals surface area (Å²) >= 11 is 3.20. The number of benzene rings is 2. The number of aromatic hydroxyl groups is 1. The molecule has 2 rings (SSSR count). The first-order chi connectivity index (χ1) is 8.97. The minimum atomic E-state index is -0.477. The van der Waals surface area contributed by atoms with Crippen molar-refractivity contribution in [2.45, 2.75) is 6.92 Å². The van der Waals surface area contributed by atoms with Gasteiger partial charge in [0.05, 0.1) is 5.56 Å². The third-order valence-electron chi connectivity index (χ3n) is 2.63. The maximum absolute atomic E-state index is 13.1. The standard InChI is InChI=1S/C14H11BrFNO2/c1-8-6-10(3-5-13(8)18)17-14(19)11-7-9(16)2-4-12(11)15/h2-7,18H,1H3,(H,17,19). The van der Waals surface area contributed by atoms with Gasteiger partial charge < -0.3 is 10.4 Å². The summed E-state index contributed by atoms with van der Waals surface area (Å²) in [6.07, 6.45) is 0. The Balaban J connectivity index is 2.25. The third-order valence-corrected chi connectivity index (χ3v) is 3.32. The molecule has 5 heteroatoms. The van der Waals surface area contributed by atoms with E-state index in [1.807, 2.05) is 0 Å². The Labute approximate surface area is 118 Å². The van der Waals surface area contributed by atoms with Crippen molar-refractivity contribution in [1.29, 1.82) is 0 Å². The smallest absolute Gasteiger partial charge is 0.256 e. The van der Waals surface area contributed by atoms with E-state index in [0.717, 1.165) is 6.07 Å². The number of amides is 1. The Hall–Kier alpha value is -1.88. The number of carbonyl (C=O) groups excluding carboxylic acids is 1. The maximum Gasteiger partial charge on any atom is 0.256 e. The Kier molecular flexibility index (Phi) is 3.85. The van der Waals surface area contributed by atoms with Crippen LogP contribution in [0.5, 0.6) is 5.75 Å². The van der Waals surface area contributed by atoms with Crippen LogP contribution in [0.1, 0.15) is 15.9 Å². The van der Waals surface area contributed by atoms with Crippen LogP contribution in [0.15, 0.2) is 40.9 Å². The Morgan fingerprint density at radius 1 is 1.26 bits per heavy atom. The predicted molar refractivity (Wildman–Crippen MR) is 74.9 cm³/mol. The van der Waals surface area contributed by atoms with E-state index in [1.54, 1.807) is 19.1 Å². The van der Waals surface area contributed by atoms with Crippen LogP contribution in [0.3, 0.4) is 0 Å². The highest BCUT2D eigenvalue weighted by Crippen LogP contribution is 2.22. The lowest BCUT2D eigenvalue weighted by Crippen LogP contribution is -2.13. The summed E-state index contributed by atoms with van der Waals surface area (Å²) in [7, 11) is 0. The molecule has 19 heavy (non-hydrogen) atoms. The molecule has 0 heterocycles. The van der Waals surface area contributed by atoms with Gasteiger partial charge in [0.15, 0.2) is 0 Å². The van der Waals surface area contributed by atoms with E-state index >= 15 is 0 Å². The van der Waals surface area contributed by atoms with Crippen LogP contribution < -0.4 is 5.32 Å². The van der Waals surface area contributed by atoms with Crippen LogP contribution in [0.4, 0.5) is 10.1 Å². The van der Waals surface area contributed by atoms with Gasteiger partial charge in [-0.25, -0.2) is 4.39 Å². The number of hydrogen-bond acceptors (Lipinski definition) is 2. The van der Waals surface area contributed by atoms with Crippen LogP contribution in [0.2, 0.25) is 0 Å². The van der Waals surface area contributed by atoms with E-state index in [4.69, 9.17) is 0 Å². The summed E-state index contributed by atoms with van der Waals surface area (Å²) in [6.45, 7) is 1.73. The van der Waals surface area contributed by atoms with Gasteiger partial charge in [0.1, 0.15) is 11.6 Å². The molecule has 0 aliphatic rings. The first kappa shape index (κ1) is 13.5. The van der Waals surface area contributed by atoms with E-state index in [0.29, 0.717) is 15.7 Å². The minimum absolute atomic E-state index is 0.157. The molecule has 0 bridgehead atoms. The summed E-state index contributed by atoms with van der Waals surface area (Å²) in [5.41, 5.74) is 1.40. The molecular formula is C14H11BrFNO2. The summed E-state index contributed by atoms with van der Waals surface area (Å²) in [5.74, 6) is -0.739. The van der Waals surface area contributed by atoms with Gasteiger partial charge >= 0.3 is 0 Å². The zero-order valence-electron chi connectivity index (χ0n) is 10.1. The Morgan fingerprint density at radius 2 is 2.00 bits per heavy atom. The van der Waals surface area contributed by atoms with Crippen LogP contribution in [-0.4, -0.2) is 11.0 Å². The second-order valence-corrected chi connectivity index (χ2v) is 4.93. The predicted octanol–water partition coefficient (Wildman–Crippen LogP) is 3.85. The SMILES string of the molecule is Cc1cc(NC(=O)c2cc(F)ccc2Br)ccc1O. The van der Waals surface area contributed by atoms with Crippen molar-refractivity contribution < 1.29 is 14.3 Å². The van der Waals surface area contributed by atoms with Crippen molar-refractivity contribution in [2.24, 2.45) is 0 Å². The van der Waals surface area contributed by atoms with E-state index < -0.39 is 11.7 Å². The molecule has 2 aromatic carbocycles. The van der Waals surface area contributed by atoms with E-state index in [9.17, 15) is 14.3 Å². The molecule has 0 unspecified atom stereocenters. The van der Waals surface area contributed by atoms with Crippen LogP contribution in [-0.2, 0) is 0 Å². The van der Waals surface area contributed by atoms with Gasteiger partial charge in [-0.3, -0.25) is 4.79 Å². The number of carbonyl (C=O) groups is 1. The fourth-order valence-corrected chi connectivity index (χ4v) is 2.03. The number of phenolic OH excluding ortho intramolecular Hbond substituents is 1. The summed E-state index contributed by atoms with van der Waals surface area (Å²) in [4.78, 5) is 12.0. The number of halogens is 2. The van der Waals surface area contributed by atoms with Crippen LogP contribution >= 0.6 is 15.9 Å². The lowest BCUT2D eigenvalue weighted by Gasteiger charge is -2.08. The molecular weight excluding hydrogens is 313 g/mol. The highest BCUT2D eigenvalue weighted by atomic mass is 79.9. The first-order valence-corrected chi connectivity index (χ1v) is 6.32. The van der Waals surface area contributed by atoms with E-state index in [2.05, 4.69) is 21.2 Å². The van der Waals surface area contributed by atoms with Crippen LogP contribution in [0.25, 0.3) is 0 Å². The van der Waals surface area contributed by atoms with Gasteiger partial charge in [-0.1, -0.05) is 0 Å². The second-order valence-electron chi connectivity index (χ2n) is 4.08. The van der Waals surface area contributed by atoms with Gasteiger partial charge in [0, 0.05) is 10.2 Å². The third kappa shape index (κ3) is 3.12. The van der Waals surface area contributed by atoms with Gasteiger partial charge in [-0.15, -0.1) is 0 Å². The summed E-state index contributed by atoms with van der Waals surface area (Å²) in [6, 6.07) is 8.62. The van der Waals surface area contributed by atoms with Gasteiger partial charge in [-0.2, -0.15) is 0 Å². The largest absolute Gasteiger partial charge is 0.508 e. The highest BCUT2D eigenvalue weighted by molar-refractivity contribution is 9.10. The molecule has 2 aromatic rings. The average Bonchev–Trinajstić information content (AvgIpc) is 2.36. The number of rotatable bonds is 2. The Morgan fingerprint density at radius 3 is 2.68 bits per heavy atom. The van der Waals surface area contributed by atoms with Crippen molar-refractivity contribution >= 4 is 27.5 Å². The number of nitrogens with one attached hydrogen (secondary N) is 1. The van der Waals surface area contributed by atoms with E-state index in [1.165, 1.54) is 18.2 Å². The summed E-state index contributed by atoms with van der Waals surface area (Å²) in [5, 5.41) is 12.1. The normalized spacial score (nSPS) is 10.3. The topological polar surface area (TPSA) is 49.3 Å². The van der Waals surface area contributed by atoms with Crippen molar-refractivity contribution in [3.05, 3.63) is 57.8 Å². The first-order valence-electron chi connectivity index (χ1n) is 5.53. The molecule has 0 aliphatic heterocycles. The monoisotopic (exact) mass is 323 g/mol. The number of anilines is 1. The number of hydrogen-bond donors (Lipinski definition) is 2. The van der Waals surface area contributed by atoms with E-state index in [-0.39, 0.29) is 11.3 Å². The van der Waals surface area contributed by atoms with Crippen molar-refractivity contribution in [3.8, 4) is 5.75 Å². The molecule has 0 fully saturated rings. The average molecular weight is 324 g/mol. The molecule has 0 saturated carbocycles. The molecule has 98 valence electrons. The van der Waals surface area contributed by atoms with Crippen molar-refractivity contribution in [1.82, 2.24) is 0 Å². The zero-order valence-corrected chi connectivity index (χ0v) is 11.7. The van der Waals surface area contributed by atoms with Gasteiger partial charge in [-0.05, 0) is 64.8 Å². The Bertz CT molecular complexity index is 643. The lowest BCUT2D eigenvalue weighted by molar-refractivity contribution is 0.102. The van der Waals surface area contributed by atoms with Crippen molar-refractivity contribution in [2.75, 3.05) is 5.32 Å². The number of aryl methyl sites for hydroxylation is 1. The fraction of sp³-hybridized carbons (Fsp3) is 0.0714. The molecule has 0 aliphatic carbocycles. The molecule has 0 radical (unpaired) electrons. The molecule has 0 aromatic heterocycles. The lowest BCUT2D eigenvalue weighted by atomic mass is 10.1. The molecule has 1 amide bonds. The van der Waals surface area contributed by atoms with Crippen molar-refractivity contribution in [3.63, 3.8) is 0 Å². The molecule has 0 saturated heterocycles. The zero-order chi connectivity index (χ0) is 14.0. The quantitative estimate of drug-likeness (QED) is 0.824. The molecule has 2 N–H and O–H groups in total. The highest BCUT2D eigenvalue weighted by Gasteiger charge is 2.11. The molecule has 0 atom stereocenters. The molecule has 0 spiro atoms. The van der Waals surface area contributed by atoms with Crippen LogP contribution in [0, 0.1) is 12.7 Å². The summed E-state index contributed by atoms with van der Waals surface area (Å²) < 4.78 is 13.6.